The fourth-order valence-electron chi connectivity index (χ4n) is 4.35. The number of methoxy groups -OCH3 is 2. The van der Waals surface area contributed by atoms with E-state index in [0.29, 0.717) is 23.0 Å². The second kappa shape index (κ2) is 7.58. The molecule has 5 nitrogen and oxygen atoms in total. The van der Waals surface area contributed by atoms with Crippen LogP contribution in [0.1, 0.15) is 40.4 Å². The van der Waals surface area contributed by atoms with Crippen LogP contribution < -0.4 is 9.47 Å². The molecule has 1 aromatic heterocycles. The number of benzene rings is 2. The first-order valence-corrected chi connectivity index (χ1v) is 9.71. The maximum Gasteiger partial charge on any atom is 0.253 e. The Labute approximate surface area is 165 Å². The summed E-state index contributed by atoms with van der Waals surface area (Å²) in [6.45, 7) is 3.67. The van der Waals surface area contributed by atoms with Gasteiger partial charge in [-0.25, -0.2) is 0 Å². The predicted molar refractivity (Wildman–Crippen MR) is 110 cm³/mol. The fourth-order valence-corrected chi connectivity index (χ4v) is 4.35. The SMILES string of the molecule is COc1ccc(C(=O)N2CCC(c3c(C)[nH]c4ccccc34)CC2)cc1OC. The summed E-state index contributed by atoms with van der Waals surface area (Å²) in [7, 11) is 3.18. The molecule has 5 heteroatoms. The first kappa shape index (κ1) is 18.4. The van der Waals surface area contributed by atoms with Crippen molar-refractivity contribution in [3.8, 4) is 11.5 Å². The van der Waals surface area contributed by atoms with Gasteiger partial charge in [0.2, 0.25) is 0 Å². The maximum absolute atomic E-state index is 13.0. The number of carbonyl (C=O) groups excluding carboxylic acids is 1. The Hall–Kier alpha value is -2.95. The summed E-state index contributed by atoms with van der Waals surface area (Å²) < 4.78 is 10.6. The number of hydrogen-bond donors (Lipinski definition) is 1. The zero-order chi connectivity index (χ0) is 19.7. The van der Waals surface area contributed by atoms with Gasteiger partial charge >= 0.3 is 0 Å². The van der Waals surface area contributed by atoms with E-state index in [1.54, 1.807) is 32.4 Å². The van der Waals surface area contributed by atoms with Gasteiger partial charge in [0.1, 0.15) is 0 Å². The zero-order valence-electron chi connectivity index (χ0n) is 16.6. The van der Waals surface area contributed by atoms with Crippen molar-refractivity contribution in [2.24, 2.45) is 0 Å². The largest absolute Gasteiger partial charge is 0.493 e. The first-order valence-electron chi connectivity index (χ1n) is 9.71. The number of hydrogen-bond acceptors (Lipinski definition) is 3. The number of likely N-dealkylation sites (tertiary alicyclic amines) is 1. The van der Waals surface area contributed by atoms with Gasteiger partial charge in [-0.05, 0) is 55.5 Å². The van der Waals surface area contributed by atoms with Crippen LogP contribution in [0.3, 0.4) is 0 Å². The quantitative estimate of drug-likeness (QED) is 0.727. The minimum absolute atomic E-state index is 0.0510. The van der Waals surface area contributed by atoms with E-state index in [1.807, 2.05) is 4.90 Å². The van der Waals surface area contributed by atoms with Crippen LogP contribution >= 0.6 is 0 Å². The number of rotatable bonds is 4. The van der Waals surface area contributed by atoms with E-state index in [4.69, 9.17) is 9.47 Å². The number of nitrogens with zero attached hydrogens (tertiary/aromatic N) is 1. The molecule has 146 valence electrons. The number of para-hydroxylation sites is 1. The highest BCUT2D eigenvalue weighted by Gasteiger charge is 2.27. The van der Waals surface area contributed by atoms with Crippen molar-refractivity contribution in [3.05, 3.63) is 59.3 Å². The van der Waals surface area contributed by atoms with E-state index in [0.717, 1.165) is 25.9 Å². The number of aryl methyl sites for hydroxylation is 1. The number of ether oxygens (including phenoxy) is 2. The standard InChI is InChI=1S/C23H26N2O3/c1-15-22(18-6-4-5-7-19(18)24-15)16-10-12-25(13-11-16)23(26)17-8-9-20(27-2)21(14-17)28-3/h4-9,14,16,24H,10-13H2,1-3H3. The topological polar surface area (TPSA) is 54.6 Å². The molecule has 0 saturated carbocycles. The summed E-state index contributed by atoms with van der Waals surface area (Å²) in [5.41, 5.74) is 4.48. The van der Waals surface area contributed by atoms with Crippen molar-refractivity contribution in [1.82, 2.24) is 9.88 Å². The second-order valence-electron chi connectivity index (χ2n) is 7.35. The van der Waals surface area contributed by atoms with Gasteiger partial charge in [0, 0.05) is 35.2 Å². The minimum atomic E-state index is 0.0510. The van der Waals surface area contributed by atoms with Gasteiger partial charge in [-0.15, -0.1) is 0 Å². The van der Waals surface area contributed by atoms with Crippen molar-refractivity contribution in [1.29, 1.82) is 0 Å². The lowest BCUT2D eigenvalue weighted by Gasteiger charge is -2.32. The van der Waals surface area contributed by atoms with Crippen molar-refractivity contribution >= 4 is 16.8 Å². The van der Waals surface area contributed by atoms with E-state index in [-0.39, 0.29) is 5.91 Å². The predicted octanol–water partition coefficient (Wildman–Crippen LogP) is 4.51. The Bertz CT molecular complexity index is 1000. The molecule has 0 unspecified atom stereocenters. The molecule has 0 radical (unpaired) electrons. The molecule has 1 amide bonds. The van der Waals surface area contributed by atoms with Gasteiger partial charge in [-0.1, -0.05) is 18.2 Å². The number of H-pyrrole nitrogens is 1. The lowest BCUT2D eigenvalue weighted by atomic mass is 9.87. The van der Waals surface area contributed by atoms with E-state index in [2.05, 4.69) is 36.2 Å². The van der Waals surface area contributed by atoms with E-state index >= 15 is 0 Å². The highest BCUT2D eigenvalue weighted by molar-refractivity contribution is 5.95. The Morgan fingerprint density at radius 3 is 2.46 bits per heavy atom. The number of nitrogens with one attached hydrogen (secondary N) is 1. The van der Waals surface area contributed by atoms with E-state index in [9.17, 15) is 4.79 Å². The Kier molecular flexibility index (Phi) is 4.99. The van der Waals surface area contributed by atoms with Crippen molar-refractivity contribution in [2.45, 2.75) is 25.7 Å². The maximum atomic E-state index is 13.0. The third-order valence-electron chi connectivity index (χ3n) is 5.76. The number of carbonyl (C=O) groups is 1. The molecule has 1 fully saturated rings. The third-order valence-corrected chi connectivity index (χ3v) is 5.76. The highest BCUT2D eigenvalue weighted by atomic mass is 16.5. The fraction of sp³-hybridized carbons (Fsp3) is 0.348. The van der Waals surface area contributed by atoms with Crippen LogP contribution in [0.25, 0.3) is 10.9 Å². The molecule has 1 aliphatic heterocycles. The molecular weight excluding hydrogens is 352 g/mol. The molecule has 0 spiro atoms. The molecule has 0 atom stereocenters. The minimum Gasteiger partial charge on any atom is -0.493 e. The molecule has 4 rings (SSSR count). The van der Waals surface area contributed by atoms with Crippen molar-refractivity contribution in [2.75, 3.05) is 27.3 Å². The summed E-state index contributed by atoms with van der Waals surface area (Å²) >= 11 is 0. The number of aromatic amines is 1. The number of fused-ring (bicyclic) bond motifs is 1. The average Bonchev–Trinajstić information content (AvgIpc) is 3.08. The van der Waals surface area contributed by atoms with Crippen molar-refractivity contribution < 1.29 is 14.3 Å². The Morgan fingerprint density at radius 2 is 1.75 bits per heavy atom. The van der Waals surface area contributed by atoms with Crippen LogP contribution in [0.15, 0.2) is 42.5 Å². The molecule has 28 heavy (non-hydrogen) atoms. The van der Waals surface area contributed by atoms with E-state index in [1.165, 1.54) is 22.2 Å². The van der Waals surface area contributed by atoms with Gasteiger partial charge in [0.25, 0.3) is 5.91 Å². The molecule has 0 bridgehead atoms. The second-order valence-corrected chi connectivity index (χ2v) is 7.35. The summed E-state index contributed by atoms with van der Waals surface area (Å²) in [4.78, 5) is 18.4. The van der Waals surface area contributed by atoms with Gasteiger partial charge in [-0.2, -0.15) is 0 Å². The smallest absolute Gasteiger partial charge is 0.253 e. The van der Waals surface area contributed by atoms with Gasteiger partial charge < -0.3 is 19.4 Å². The molecule has 2 heterocycles. The summed E-state index contributed by atoms with van der Waals surface area (Å²) in [5, 5.41) is 1.31. The lowest BCUT2D eigenvalue weighted by molar-refractivity contribution is 0.0713. The Morgan fingerprint density at radius 1 is 1.04 bits per heavy atom. The molecule has 1 saturated heterocycles. The monoisotopic (exact) mass is 378 g/mol. The first-order chi connectivity index (χ1) is 13.6. The highest BCUT2D eigenvalue weighted by Crippen LogP contribution is 2.36. The number of piperidine rings is 1. The zero-order valence-corrected chi connectivity index (χ0v) is 16.6. The molecule has 1 N–H and O–H groups in total. The van der Waals surface area contributed by atoms with Crippen LogP contribution in [-0.2, 0) is 0 Å². The van der Waals surface area contributed by atoms with Crippen LogP contribution in [0.4, 0.5) is 0 Å². The summed E-state index contributed by atoms with van der Waals surface area (Å²) in [6, 6.07) is 13.8. The van der Waals surface area contributed by atoms with Gasteiger partial charge in [0.15, 0.2) is 11.5 Å². The number of amides is 1. The van der Waals surface area contributed by atoms with Crippen LogP contribution in [0.2, 0.25) is 0 Å². The van der Waals surface area contributed by atoms with Gasteiger partial charge in [0.05, 0.1) is 14.2 Å². The molecule has 1 aliphatic rings. The number of aromatic nitrogens is 1. The van der Waals surface area contributed by atoms with E-state index < -0.39 is 0 Å². The molecule has 2 aromatic carbocycles. The average molecular weight is 378 g/mol. The molecule has 3 aromatic rings. The van der Waals surface area contributed by atoms with Gasteiger partial charge in [-0.3, -0.25) is 4.79 Å². The lowest BCUT2D eigenvalue weighted by Crippen LogP contribution is -2.38. The summed E-state index contributed by atoms with van der Waals surface area (Å²) in [6.07, 6.45) is 1.95. The van der Waals surface area contributed by atoms with Crippen LogP contribution in [-0.4, -0.2) is 43.1 Å². The Balaban J connectivity index is 1.49. The molecular formula is C23H26N2O3. The normalized spacial score (nSPS) is 15.0. The summed E-state index contributed by atoms with van der Waals surface area (Å²) in [5.74, 6) is 1.74. The van der Waals surface area contributed by atoms with Crippen molar-refractivity contribution in [3.63, 3.8) is 0 Å². The van der Waals surface area contributed by atoms with Crippen LogP contribution in [0, 0.1) is 6.92 Å². The molecule has 0 aliphatic carbocycles. The third kappa shape index (κ3) is 3.21. The van der Waals surface area contributed by atoms with Crippen LogP contribution in [0.5, 0.6) is 11.5 Å².